The number of pyridine rings is 1. The molecule has 1 aromatic carbocycles. The molecular formula is C16H17N3O. The molecule has 0 fully saturated rings. The number of hydrogen-bond acceptors (Lipinski definition) is 3. The fourth-order valence-corrected chi connectivity index (χ4v) is 2.42. The van der Waals surface area contributed by atoms with Crippen LogP contribution in [0.5, 0.6) is 5.75 Å². The van der Waals surface area contributed by atoms with Crippen molar-refractivity contribution in [1.82, 2.24) is 9.55 Å². The van der Waals surface area contributed by atoms with Gasteiger partial charge >= 0.3 is 0 Å². The van der Waals surface area contributed by atoms with Gasteiger partial charge in [0.15, 0.2) is 0 Å². The van der Waals surface area contributed by atoms with Gasteiger partial charge in [-0.1, -0.05) is 6.07 Å². The molecule has 102 valence electrons. The predicted molar refractivity (Wildman–Crippen MR) is 81.0 cm³/mol. The first-order valence-electron chi connectivity index (χ1n) is 6.51. The number of hydrogen-bond donors (Lipinski definition) is 1. The molecule has 4 nitrogen and oxygen atoms in total. The number of ether oxygens (including phenoxy) is 1. The highest BCUT2D eigenvalue weighted by Crippen LogP contribution is 2.21. The van der Waals surface area contributed by atoms with Gasteiger partial charge in [-0.25, -0.2) is 0 Å². The summed E-state index contributed by atoms with van der Waals surface area (Å²) >= 11 is 0. The Hall–Kier alpha value is -2.49. The summed E-state index contributed by atoms with van der Waals surface area (Å²) in [6.45, 7) is 2.67. The quantitative estimate of drug-likeness (QED) is 0.742. The summed E-state index contributed by atoms with van der Waals surface area (Å²) in [5, 5.41) is 1.18. The summed E-state index contributed by atoms with van der Waals surface area (Å²) < 4.78 is 7.44. The molecule has 0 saturated carbocycles. The van der Waals surface area contributed by atoms with Gasteiger partial charge in [0.2, 0.25) is 0 Å². The summed E-state index contributed by atoms with van der Waals surface area (Å²) in [5.41, 5.74) is 9.68. The van der Waals surface area contributed by atoms with Crippen molar-refractivity contribution in [2.45, 2.75) is 13.5 Å². The number of aryl methyl sites for hydroxylation is 1. The van der Waals surface area contributed by atoms with Crippen molar-refractivity contribution >= 4 is 16.6 Å². The maximum absolute atomic E-state index is 5.87. The van der Waals surface area contributed by atoms with E-state index in [0.717, 1.165) is 28.3 Å². The molecule has 2 aromatic heterocycles. The summed E-state index contributed by atoms with van der Waals surface area (Å²) in [7, 11) is 1.67. The summed E-state index contributed by atoms with van der Waals surface area (Å²) in [5.74, 6) is 0.837. The van der Waals surface area contributed by atoms with Crippen molar-refractivity contribution in [3.63, 3.8) is 0 Å². The van der Waals surface area contributed by atoms with Gasteiger partial charge in [0.1, 0.15) is 5.75 Å². The van der Waals surface area contributed by atoms with E-state index >= 15 is 0 Å². The SMILES string of the molecule is COc1cc(C)nc(Cn2ccc3ccc(N)cc32)c1. The molecule has 0 unspecified atom stereocenters. The second-order valence-electron chi connectivity index (χ2n) is 4.90. The maximum Gasteiger partial charge on any atom is 0.122 e. The highest BCUT2D eigenvalue weighted by molar-refractivity contribution is 5.83. The fourth-order valence-electron chi connectivity index (χ4n) is 2.42. The number of nitrogens with zero attached hydrogens (tertiary/aromatic N) is 2. The van der Waals surface area contributed by atoms with E-state index < -0.39 is 0 Å². The van der Waals surface area contributed by atoms with Crippen molar-refractivity contribution in [3.05, 3.63) is 54.0 Å². The Labute approximate surface area is 117 Å². The number of aromatic nitrogens is 2. The zero-order valence-corrected chi connectivity index (χ0v) is 11.6. The number of nitrogens with two attached hydrogens (primary N) is 1. The van der Waals surface area contributed by atoms with Gasteiger partial charge in [-0.2, -0.15) is 0 Å². The van der Waals surface area contributed by atoms with Crippen LogP contribution in [0.1, 0.15) is 11.4 Å². The van der Waals surface area contributed by atoms with Crippen LogP contribution in [-0.2, 0) is 6.54 Å². The normalized spacial score (nSPS) is 10.9. The van der Waals surface area contributed by atoms with E-state index in [1.165, 1.54) is 5.39 Å². The minimum absolute atomic E-state index is 0.699. The van der Waals surface area contributed by atoms with Gasteiger partial charge in [0.05, 0.1) is 24.9 Å². The van der Waals surface area contributed by atoms with Gasteiger partial charge in [-0.15, -0.1) is 0 Å². The minimum atomic E-state index is 0.699. The standard InChI is InChI=1S/C16H17N3O/c1-11-7-15(20-2)9-14(18-11)10-19-6-5-12-3-4-13(17)8-16(12)19/h3-9H,10,17H2,1-2H3. The minimum Gasteiger partial charge on any atom is -0.497 e. The number of rotatable bonds is 3. The number of fused-ring (bicyclic) bond motifs is 1. The van der Waals surface area contributed by atoms with Crippen molar-refractivity contribution < 1.29 is 4.74 Å². The van der Waals surface area contributed by atoms with E-state index in [2.05, 4.69) is 21.8 Å². The molecule has 0 spiro atoms. The van der Waals surface area contributed by atoms with Gasteiger partial charge in [-0.05, 0) is 30.5 Å². The number of anilines is 1. The molecule has 0 aliphatic carbocycles. The van der Waals surface area contributed by atoms with E-state index in [1.54, 1.807) is 7.11 Å². The zero-order chi connectivity index (χ0) is 14.1. The average molecular weight is 267 g/mol. The lowest BCUT2D eigenvalue weighted by Gasteiger charge is -2.08. The zero-order valence-electron chi connectivity index (χ0n) is 11.6. The molecule has 2 heterocycles. The number of benzene rings is 1. The maximum atomic E-state index is 5.87. The smallest absolute Gasteiger partial charge is 0.122 e. The van der Waals surface area contributed by atoms with Crippen LogP contribution >= 0.6 is 0 Å². The third-order valence-electron chi connectivity index (χ3n) is 3.35. The first-order chi connectivity index (χ1) is 9.65. The van der Waals surface area contributed by atoms with Crippen molar-refractivity contribution in [2.75, 3.05) is 12.8 Å². The molecule has 0 aliphatic heterocycles. The Morgan fingerprint density at radius 1 is 1.20 bits per heavy atom. The Balaban J connectivity index is 2.00. The van der Waals surface area contributed by atoms with Gasteiger partial charge < -0.3 is 15.0 Å². The second kappa shape index (κ2) is 4.89. The highest BCUT2D eigenvalue weighted by Gasteiger charge is 2.05. The first kappa shape index (κ1) is 12.5. The summed E-state index contributed by atoms with van der Waals surface area (Å²) in [6.07, 6.45) is 2.06. The Morgan fingerprint density at radius 2 is 2.05 bits per heavy atom. The molecule has 4 heteroatoms. The molecule has 0 radical (unpaired) electrons. The summed E-state index contributed by atoms with van der Waals surface area (Å²) in [6, 6.07) is 11.9. The molecule has 0 aliphatic rings. The van der Waals surface area contributed by atoms with Crippen LogP contribution in [0.4, 0.5) is 5.69 Å². The van der Waals surface area contributed by atoms with Crippen LogP contribution in [0, 0.1) is 6.92 Å². The van der Waals surface area contributed by atoms with E-state index in [0.29, 0.717) is 6.54 Å². The topological polar surface area (TPSA) is 53.1 Å². The monoisotopic (exact) mass is 267 g/mol. The van der Waals surface area contributed by atoms with E-state index in [4.69, 9.17) is 10.5 Å². The third-order valence-corrected chi connectivity index (χ3v) is 3.35. The third kappa shape index (κ3) is 2.32. The van der Waals surface area contributed by atoms with Gasteiger partial charge in [-0.3, -0.25) is 4.98 Å². The predicted octanol–water partition coefficient (Wildman–Crippen LogP) is 2.98. The van der Waals surface area contributed by atoms with Crippen LogP contribution in [0.2, 0.25) is 0 Å². The van der Waals surface area contributed by atoms with Crippen molar-refractivity contribution in [3.8, 4) is 5.75 Å². The molecule has 0 saturated heterocycles. The molecule has 3 rings (SSSR count). The number of methoxy groups -OCH3 is 1. The van der Waals surface area contributed by atoms with Crippen molar-refractivity contribution in [2.24, 2.45) is 0 Å². The van der Waals surface area contributed by atoms with Crippen LogP contribution in [0.3, 0.4) is 0 Å². The van der Waals surface area contributed by atoms with Gasteiger partial charge in [0.25, 0.3) is 0 Å². The lowest BCUT2D eigenvalue weighted by atomic mass is 10.2. The fraction of sp³-hybridized carbons (Fsp3) is 0.188. The molecule has 3 aromatic rings. The second-order valence-corrected chi connectivity index (χ2v) is 4.90. The molecular weight excluding hydrogens is 250 g/mol. The lowest BCUT2D eigenvalue weighted by Crippen LogP contribution is -2.02. The molecule has 0 atom stereocenters. The van der Waals surface area contributed by atoms with E-state index in [1.807, 2.05) is 37.3 Å². The van der Waals surface area contributed by atoms with Crippen LogP contribution in [0.25, 0.3) is 10.9 Å². The van der Waals surface area contributed by atoms with Crippen LogP contribution in [-0.4, -0.2) is 16.7 Å². The van der Waals surface area contributed by atoms with Crippen LogP contribution in [0.15, 0.2) is 42.6 Å². The summed E-state index contributed by atoms with van der Waals surface area (Å²) in [4.78, 5) is 4.55. The van der Waals surface area contributed by atoms with Crippen molar-refractivity contribution in [1.29, 1.82) is 0 Å². The van der Waals surface area contributed by atoms with Gasteiger partial charge in [0, 0.05) is 29.7 Å². The van der Waals surface area contributed by atoms with E-state index in [9.17, 15) is 0 Å². The Bertz CT molecular complexity index is 762. The Morgan fingerprint density at radius 3 is 2.85 bits per heavy atom. The van der Waals surface area contributed by atoms with E-state index in [-0.39, 0.29) is 0 Å². The molecule has 2 N–H and O–H groups in total. The largest absolute Gasteiger partial charge is 0.497 e. The lowest BCUT2D eigenvalue weighted by molar-refractivity contribution is 0.413. The molecule has 0 amide bonds. The molecule has 0 bridgehead atoms. The first-order valence-corrected chi connectivity index (χ1v) is 6.51. The highest BCUT2D eigenvalue weighted by atomic mass is 16.5. The Kier molecular flexibility index (Phi) is 3.06. The average Bonchev–Trinajstić information content (AvgIpc) is 2.80. The van der Waals surface area contributed by atoms with Crippen LogP contribution < -0.4 is 10.5 Å². The molecule has 20 heavy (non-hydrogen) atoms. The number of nitrogen functional groups attached to an aromatic ring is 1.